The predicted octanol–water partition coefficient (Wildman–Crippen LogP) is 3.23. The normalized spacial score (nSPS) is 10.6. The standard InChI is InChI=1S/C18H19N3O3S/c1-13-2-4-15(5-3-13)23-10-9-19-16(22)6-7-17-20-21-18(24-17)14-8-11-25-12-14/h2-5,8,11-12H,6-7,9-10H2,1H3,(H,19,22). The van der Waals surface area contributed by atoms with E-state index in [-0.39, 0.29) is 5.91 Å². The lowest BCUT2D eigenvalue weighted by Gasteiger charge is -2.07. The molecule has 3 rings (SSSR count). The number of aromatic nitrogens is 2. The van der Waals surface area contributed by atoms with Crippen LogP contribution >= 0.6 is 11.3 Å². The molecule has 130 valence electrons. The number of hydrogen-bond acceptors (Lipinski definition) is 6. The lowest BCUT2D eigenvalue weighted by Crippen LogP contribution is -2.28. The van der Waals surface area contributed by atoms with E-state index in [1.165, 1.54) is 5.56 Å². The Hall–Kier alpha value is -2.67. The first kappa shape index (κ1) is 17.2. The van der Waals surface area contributed by atoms with Crippen LogP contribution in [0, 0.1) is 6.92 Å². The summed E-state index contributed by atoms with van der Waals surface area (Å²) < 4.78 is 11.1. The second-order valence-corrected chi connectivity index (χ2v) is 6.30. The number of hydrogen-bond donors (Lipinski definition) is 1. The van der Waals surface area contributed by atoms with Crippen LogP contribution in [0.15, 0.2) is 45.5 Å². The molecule has 0 spiro atoms. The van der Waals surface area contributed by atoms with E-state index in [1.807, 2.05) is 48.0 Å². The zero-order valence-corrected chi connectivity index (χ0v) is 14.7. The van der Waals surface area contributed by atoms with E-state index >= 15 is 0 Å². The molecule has 6 nitrogen and oxygen atoms in total. The summed E-state index contributed by atoms with van der Waals surface area (Å²) in [6, 6.07) is 9.73. The smallest absolute Gasteiger partial charge is 0.248 e. The van der Waals surface area contributed by atoms with Crippen LogP contribution < -0.4 is 10.1 Å². The van der Waals surface area contributed by atoms with Crippen LogP contribution in [0.4, 0.5) is 0 Å². The summed E-state index contributed by atoms with van der Waals surface area (Å²) in [5.41, 5.74) is 2.09. The quantitative estimate of drug-likeness (QED) is 0.626. The third kappa shape index (κ3) is 5.15. The van der Waals surface area contributed by atoms with Gasteiger partial charge in [0.05, 0.1) is 6.54 Å². The molecule has 0 bridgehead atoms. The Bertz CT molecular complexity index is 797. The molecule has 0 aliphatic heterocycles. The average molecular weight is 357 g/mol. The van der Waals surface area contributed by atoms with Crippen molar-refractivity contribution in [2.45, 2.75) is 19.8 Å². The molecule has 0 saturated heterocycles. The Kier molecular flexibility index (Phi) is 5.79. The highest BCUT2D eigenvalue weighted by Gasteiger charge is 2.10. The fourth-order valence-electron chi connectivity index (χ4n) is 2.16. The van der Waals surface area contributed by atoms with E-state index in [9.17, 15) is 4.79 Å². The second-order valence-electron chi connectivity index (χ2n) is 5.52. The lowest BCUT2D eigenvalue weighted by molar-refractivity contribution is -0.121. The highest BCUT2D eigenvalue weighted by atomic mass is 32.1. The Morgan fingerprint density at radius 1 is 1.24 bits per heavy atom. The number of amides is 1. The first-order chi connectivity index (χ1) is 12.2. The van der Waals surface area contributed by atoms with Crippen molar-refractivity contribution in [2.75, 3.05) is 13.2 Å². The predicted molar refractivity (Wildman–Crippen MR) is 95.6 cm³/mol. The van der Waals surface area contributed by atoms with Gasteiger partial charge in [-0.05, 0) is 30.5 Å². The topological polar surface area (TPSA) is 77.2 Å². The highest BCUT2D eigenvalue weighted by molar-refractivity contribution is 7.08. The van der Waals surface area contributed by atoms with Crippen LogP contribution in [0.2, 0.25) is 0 Å². The van der Waals surface area contributed by atoms with Gasteiger partial charge in [0.15, 0.2) is 0 Å². The van der Waals surface area contributed by atoms with E-state index in [4.69, 9.17) is 9.15 Å². The largest absolute Gasteiger partial charge is 0.492 e. The van der Waals surface area contributed by atoms with Crippen LogP contribution in [0.25, 0.3) is 11.5 Å². The molecule has 2 aromatic heterocycles. The van der Waals surface area contributed by atoms with Crippen molar-refractivity contribution in [2.24, 2.45) is 0 Å². The number of nitrogens with zero attached hydrogens (tertiary/aromatic N) is 2. The summed E-state index contributed by atoms with van der Waals surface area (Å²) in [4.78, 5) is 11.9. The number of nitrogens with one attached hydrogen (secondary N) is 1. The van der Waals surface area contributed by atoms with E-state index < -0.39 is 0 Å². The van der Waals surface area contributed by atoms with Gasteiger partial charge in [-0.1, -0.05) is 17.7 Å². The third-order valence-corrected chi connectivity index (χ3v) is 4.20. The van der Waals surface area contributed by atoms with E-state index in [0.29, 0.717) is 37.8 Å². The van der Waals surface area contributed by atoms with Gasteiger partial charge in [-0.3, -0.25) is 4.79 Å². The third-order valence-electron chi connectivity index (χ3n) is 3.51. The molecule has 0 unspecified atom stereocenters. The van der Waals surface area contributed by atoms with Crippen LogP contribution in [0.5, 0.6) is 5.75 Å². The van der Waals surface area contributed by atoms with E-state index in [2.05, 4.69) is 15.5 Å². The maximum Gasteiger partial charge on any atom is 0.248 e. The summed E-state index contributed by atoms with van der Waals surface area (Å²) >= 11 is 1.57. The molecule has 0 aliphatic rings. The molecule has 0 atom stereocenters. The second kappa shape index (κ2) is 8.43. The highest BCUT2D eigenvalue weighted by Crippen LogP contribution is 2.20. The van der Waals surface area contributed by atoms with Crippen LogP contribution in [-0.2, 0) is 11.2 Å². The number of carbonyl (C=O) groups excluding carboxylic acids is 1. The number of benzene rings is 1. The Balaban J connectivity index is 1.35. The van der Waals surface area contributed by atoms with Crippen molar-refractivity contribution in [3.05, 3.63) is 52.5 Å². The summed E-state index contributed by atoms with van der Waals surface area (Å²) in [6.07, 6.45) is 0.720. The molecule has 7 heteroatoms. The summed E-state index contributed by atoms with van der Waals surface area (Å²) in [7, 11) is 0. The fraction of sp³-hybridized carbons (Fsp3) is 0.278. The number of thiophene rings is 1. The molecule has 3 aromatic rings. The van der Waals surface area contributed by atoms with Crippen molar-refractivity contribution in [3.8, 4) is 17.2 Å². The van der Waals surface area contributed by atoms with Crippen molar-refractivity contribution >= 4 is 17.2 Å². The Morgan fingerprint density at radius 3 is 2.84 bits per heavy atom. The van der Waals surface area contributed by atoms with E-state index in [0.717, 1.165) is 11.3 Å². The van der Waals surface area contributed by atoms with Gasteiger partial charge in [-0.15, -0.1) is 10.2 Å². The van der Waals surface area contributed by atoms with Crippen molar-refractivity contribution in [1.82, 2.24) is 15.5 Å². The summed E-state index contributed by atoms with van der Waals surface area (Å²) in [6.45, 7) is 2.91. The fourth-order valence-corrected chi connectivity index (χ4v) is 2.79. The molecule has 1 aromatic carbocycles. The van der Waals surface area contributed by atoms with Gasteiger partial charge in [0.25, 0.3) is 0 Å². The number of ether oxygens (including phenoxy) is 1. The van der Waals surface area contributed by atoms with Gasteiger partial charge in [0.1, 0.15) is 12.4 Å². The molecule has 25 heavy (non-hydrogen) atoms. The van der Waals surface area contributed by atoms with Gasteiger partial charge in [0, 0.05) is 23.8 Å². The van der Waals surface area contributed by atoms with Gasteiger partial charge in [-0.2, -0.15) is 11.3 Å². The van der Waals surface area contributed by atoms with Crippen molar-refractivity contribution in [1.29, 1.82) is 0 Å². The lowest BCUT2D eigenvalue weighted by atomic mass is 10.2. The maximum atomic E-state index is 11.9. The minimum absolute atomic E-state index is 0.0669. The average Bonchev–Trinajstić information content (AvgIpc) is 3.29. The SMILES string of the molecule is Cc1ccc(OCCNC(=O)CCc2nnc(-c3ccsc3)o2)cc1. The first-order valence-corrected chi connectivity index (χ1v) is 8.96. The molecule has 0 radical (unpaired) electrons. The van der Waals surface area contributed by atoms with Gasteiger partial charge in [0.2, 0.25) is 17.7 Å². The van der Waals surface area contributed by atoms with Crippen molar-refractivity contribution in [3.63, 3.8) is 0 Å². The molecular formula is C18H19N3O3S. The van der Waals surface area contributed by atoms with Crippen LogP contribution in [-0.4, -0.2) is 29.3 Å². The Labute approximate surface area is 149 Å². The minimum atomic E-state index is -0.0669. The molecule has 1 N–H and O–H groups in total. The monoisotopic (exact) mass is 357 g/mol. The summed E-state index contributed by atoms with van der Waals surface area (Å²) in [5.74, 6) is 1.69. The van der Waals surface area contributed by atoms with Gasteiger partial charge < -0.3 is 14.5 Å². The van der Waals surface area contributed by atoms with Crippen LogP contribution in [0.1, 0.15) is 17.9 Å². The van der Waals surface area contributed by atoms with Gasteiger partial charge >= 0.3 is 0 Å². The number of aryl methyl sites for hydroxylation is 2. The van der Waals surface area contributed by atoms with Gasteiger partial charge in [-0.25, -0.2) is 0 Å². The zero-order chi connectivity index (χ0) is 17.5. The summed E-state index contributed by atoms with van der Waals surface area (Å²) in [5, 5.41) is 14.7. The molecule has 0 fully saturated rings. The van der Waals surface area contributed by atoms with Crippen LogP contribution in [0.3, 0.4) is 0 Å². The van der Waals surface area contributed by atoms with E-state index in [1.54, 1.807) is 11.3 Å². The first-order valence-electron chi connectivity index (χ1n) is 8.02. The zero-order valence-electron chi connectivity index (χ0n) is 13.9. The molecule has 2 heterocycles. The molecule has 0 saturated carbocycles. The Morgan fingerprint density at radius 2 is 2.08 bits per heavy atom. The minimum Gasteiger partial charge on any atom is -0.492 e. The number of carbonyl (C=O) groups is 1. The molecular weight excluding hydrogens is 338 g/mol. The maximum absolute atomic E-state index is 11.9. The number of rotatable bonds is 8. The molecule has 1 amide bonds. The van der Waals surface area contributed by atoms with Crippen molar-refractivity contribution < 1.29 is 13.9 Å². The molecule has 0 aliphatic carbocycles.